The summed E-state index contributed by atoms with van der Waals surface area (Å²) in [7, 11) is 0. The number of rotatable bonds is 6. The van der Waals surface area contributed by atoms with Crippen molar-refractivity contribution in [2.45, 2.75) is 26.6 Å². The number of nitro benzene ring substituents is 1. The van der Waals surface area contributed by atoms with Gasteiger partial charge < -0.3 is 14.6 Å². The van der Waals surface area contributed by atoms with Crippen molar-refractivity contribution in [1.29, 1.82) is 0 Å². The number of hydrogen-bond acceptors (Lipinski definition) is 6. The van der Waals surface area contributed by atoms with Crippen molar-refractivity contribution in [1.82, 2.24) is 0 Å². The van der Waals surface area contributed by atoms with Crippen LogP contribution in [0.4, 0.5) is 5.69 Å². The summed E-state index contributed by atoms with van der Waals surface area (Å²) in [6, 6.07) is 3.95. The van der Waals surface area contributed by atoms with Gasteiger partial charge in [0.2, 0.25) is 0 Å². The average Bonchev–Trinajstić information content (AvgIpc) is 2.34. The monoisotopic (exact) mass is 269 g/mol. The summed E-state index contributed by atoms with van der Waals surface area (Å²) < 4.78 is 9.92. The van der Waals surface area contributed by atoms with E-state index in [1.165, 1.54) is 18.2 Å². The number of hydrogen-bond donors (Lipinski definition) is 1. The summed E-state index contributed by atoms with van der Waals surface area (Å²) in [4.78, 5) is 21.5. The smallest absolute Gasteiger partial charge is 0.344 e. The molecule has 7 heteroatoms. The molecule has 0 spiro atoms. The van der Waals surface area contributed by atoms with E-state index < -0.39 is 17.5 Å². The zero-order valence-corrected chi connectivity index (χ0v) is 10.7. The predicted octanol–water partition coefficient (Wildman–Crippen LogP) is 1.42. The maximum atomic E-state index is 11.3. The largest absolute Gasteiger partial charge is 0.475 e. The third kappa shape index (κ3) is 4.55. The fourth-order valence-electron chi connectivity index (χ4n) is 1.36. The highest BCUT2D eigenvalue weighted by Gasteiger charge is 2.17. The molecule has 0 saturated heterocycles. The first-order valence-corrected chi connectivity index (χ1v) is 5.64. The van der Waals surface area contributed by atoms with Crippen LogP contribution in [-0.2, 0) is 16.1 Å². The third-order valence-electron chi connectivity index (χ3n) is 2.12. The molecule has 19 heavy (non-hydrogen) atoms. The van der Waals surface area contributed by atoms with Gasteiger partial charge in [-0.1, -0.05) is 0 Å². The Labute approximate surface area is 109 Å². The topological polar surface area (TPSA) is 98.9 Å². The van der Waals surface area contributed by atoms with Crippen LogP contribution in [0.25, 0.3) is 0 Å². The highest BCUT2D eigenvalue weighted by atomic mass is 16.6. The van der Waals surface area contributed by atoms with Gasteiger partial charge in [0.25, 0.3) is 0 Å². The van der Waals surface area contributed by atoms with Crippen LogP contribution >= 0.6 is 0 Å². The van der Waals surface area contributed by atoms with E-state index in [-0.39, 0.29) is 24.1 Å². The summed E-state index contributed by atoms with van der Waals surface area (Å²) >= 11 is 0. The van der Waals surface area contributed by atoms with E-state index in [0.717, 1.165) is 0 Å². The molecule has 0 aliphatic heterocycles. The zero-order valence-electron chi connectivity index (χ0n) is 10.7. The van der Waals surface area contributed by atoms with Crippen molar-refractivity contribution in [3.05, 3.63) is 33.9 Å². The first-order chi connectivity index (χ1) is 8.93. The van der Waals surface area contributed by atoms with Crippen molar-refractivity contribution < 1.29 is 24.3 Å². The molecule has 0 saturated carbocycles. The number of nitro groups is 1. The maximum absolute atomic E-state index is 11.3. The van der Waals surface area contributed by atoms with Crippen LogP contribution in [0.15, 0.2) is 18.2 Å². The molecule has 1 rings (SSSR count). The predicted molar refractivity (Wildman–Crippen MR) is 65.7 cm³/mol. The number of carbonyl (C=O) groups excluding carboxylic acids is 1. The van der Waals surface area contributed by atoms with Gasteiger partial charge in [-0.25, -0.2) is 4.79 Å². The molecule has 104 valence electrons. The molecule has 0 bridgehead atoms. The van der Waals surface area contributed by atoms with Crippen LogP contribution in [0, 0.1) is 10.1 Å². The summed E-state index contributed by atoms with van der Waals surface area (Å²) in [5, 5.41) is 19.8. The van der Waals surface area contributed by atoms with Gasteiger partial charge in [-0.05, 0) is 31.5 Å². The van der Waals surface area contributed by atoms with Crippen molar-refractivity contribution >= 4 is 11.7 Å². The van der Waals surface area contributed by atoms with Gasteiger partial charge >= 0.3 is 11.7 Å². The second-order valence-corrected chi connectivity index (χ2v) is 4.04. The molecule has 0 heterocycles. The Hall–Kier alpha value is -2.15. The number of benzene rings is 1. The minimum Gasteiger partial charge on any atom is -0.475 e. The van der Waals surface area contributed by atoms with Crippen molar-refractivity contribution in [2.24, 2.45) is 0 Å². The number of ether oxygens (including phenoxy) is 2. The first-order valence-electron chi connectivity index (χ1n) is 5.64. The Balaban J connectivity index is 2.80. The minimum atomic E-state index is -0.621. The van der Waals surface area contributed by atoms with Crippen LogP contribution in [-0.4, -0.2) is 28.7 Å². The molecule has 1 N–H and O–H groups in total. The second-order valence-electron chi connectivity index (χ2n) is 4.04. The van der Waals surface area contributed by atoms with Crippen LogP contribution < -0.4 is 4.74 Å². The van der Waals surface area contributed by atoms with Crippen molar-refractivity contribution in [3.63, 3.8) is 0 Å². The normalized spacial score (nSPS) is 10.3. The fourth-order valence-corrected chi connectivity index (χ4v) is 1.36. The molecule has 0 atom stereocenters. The van der Waals surface area contributed by atoms with Gasteiger partial charge in [-0.3, -0.25) is 10.1 Å². The average molecular weight is 269 g/mol. The lowest BCUT2D eigenvalue weighted by atomic mass is 10.2. The van der Waals surface area contributed by atoms with E-state index in [0.29, 0.717) is 5.56 Å². The minimum absolute atomic E-state index is 0.0720. The van der Waals surface area contributed by atoms with Gasteiger partial charge in [-0.2, -0.15) is 0 Å². The highest BCUT2D eigenvalue weighted by Crippen LogP contribution is 2.28. The van der Waals surface area contributed by atoms with E-state index in [9.17, 15) is 14.9 Å². The van der Waals surface area contributed by atoms with Gasteiger partial charge in [0.15, 0.2) is 12.4 Å². The summed E-state index contributed by atoms with van der Waals surface area (Å²) in [6.45, 7) is 2.68. The Kier molecular flexibility index (Phi) is 5.25. The summed E-state index contributed by atoms with van der Waals surface area (Å²) in [5.41, 5.74) is 0.187. The van der Waals surface area contributed by atoms with Crippen molar-refractivity contribution in [2.75, 3.05) is 6.61 Å². The molecule has 1 aromatic carbocycles. The maximum Gasteiger partial charge on any atom is 0.344 e. The Morgan fingerprint density at radius 3 is 2.68 bits per heavy atom. The van der Waals surface area contributed by atoms with Gasteiger partial charge in [0.1, 0.15) is 0 Å². The van der Waals surface area contributed by atoms with Crippen LogP contribution in [0.2, 0.25) is 0 Å². The lowest BCUT2D eigenvalue weighted by Crippen LogP contribution is -2.19. The molecular formula is C12H15NO6. The van der Waals surface area contributed by atoms with E-state index in [4.69, 9.17) is 14.6 Å². The first kappa shape index (κ1) is 14.9. The molecule has 0 unspecified atom stereocenters. The second kappa shape index (κ2) is 6.69. The fraction of sp³-hybridized carbons (Fsp3) is 0.417. The Morgan fingerprint density at radius 1 is 1.47 bits per heavy atom. The van der Waals surface area contributed by atoms with E-state index in [1.807, 2.05) is 0 Å². The third-order valence-corrected chi connectivity index (χ3v) is 2.12. The Bertz CT molecular complexity index is 471. The number of esters is 1. The van der Waals surface area contributed by atoms with Crippen LogP contribution in [0.3, 0.4) is 0 Å². The number of aliphatic hydroxyl groups excluding tert-OH is 1. The van der Waals surface area contributed by atoms with E-state index in [2.05, 4.69) is 0 Å². The Morgan fingerprint density at radius 2 is 2.16 bits per heavy atom. The van der Waals surface area contributed by atoms with Crippen LogP contribution in [0.5, 0.6) is 5.75 Å². The van der Waals surface area contributed by atoms with Crippen LogP contribution in [0.1, 0.15) is 19.4 Å². The molecule has 0 aromatic heterocycles. The molecule has 0 amide bonds. The standard InChI is InChI=1S/C12H15NO6/c1-8(2)19-12(15)7-18-11-5-9(6-14)3-4-10(11)13(16)17/h3-5,8,14H,6-7H2,1-2H3. The number of carbonyl (C=O) groups is 1. The van der Waals surface area contributed by atoms with E-state index >= 15 is 0 Å². The number of aliphatic hydroxyl groups is 1. The molecule has 0 radical (unpaired) electrons. The molecule has 0 fully saturated rings. The molecule has 7 nitrogen and oxygen atoms in total. The van der Waals surface area contributed by atoms with Crippen molar-refractivity contribution in [3.8, 4) is 5.75 Å². The van der Waals surface area contributed by atoms with E-state index in [1.54, 1.807) is 13.8 Å². The summed E-state index contributed by atoms with van der Waals surface area (Å²) in [6.07, 6.45) is -0.283. The SMILES string of the molecule is CC(C)OC(=O)COc1cc(CO)ccc1[N+](=O)[O-]. The quantitative estimate of drug-likeness (QED) is 0.476. The molecule has 0 aliphatic carbocycles. The summed E-state index contributed by atoms with van der Waals surface area (Å²) in [5.74, 6) is -0.684. The lowest BCUT2D eigenvalue weighted by molar-refractivity contribution is -0.385. The lowest BCUT2D eigenvalue weighted by Gasteiger charge is -2.10. The number of nitrogens with zero attached hydrogens (tertiary/aromatic N) is 1. The highest BCUT2D eigenvalue weighted by molar-refractivity contribution is 5.71. The van der Waals surface area contributed by atoms with Gasteiger partial charge in [0.05, 0.1) is 17.6 Å². The zero-order chi connectivity index (χ0) is 14.4. The molecular weight excluding hydrogens is 254 g/mol. The molecule has 1 aromatic rings. The van der Waals surface area contributed by atoms with Gasteiger partial charge in [0, 0.05) is 6.07 Å². The van der Waals surface area contributed by atoms with Gasteiger partial charge in [-0.15, -0.1) is 0 Å². The molecule has 0 aliphatic rings.